The van der Waals surface area contributed by atoms with Crippen molar-refractivity contribution in [1.29, 1.82) is 0 Å². The maximum absolute atomic E-state index is 12.7. The lowest BCUT2D eigenvalue weighted by atomic mass is 9.98. The minimum absolute atomic E-state index is 0. The van der Waals surface area contributed by atoms with Crippen LogP contribution < -0.4 is 11.0 Å². The van der Waals surface area contributed by atoms with Crippen molar-refractivity contribution in [1.82, 2.24) is 19.4 Å². The second-order valence-corrected chi connectivity index (χ2v) is 7.50. The molecule has 1 amide bonds. The molecule has 2 fully saturated rings. The molecule has 4 rings (SSSR count). The van der Waals surface area contributed by atoms with E-state index in [0.29, 0.717) is 31.1 Å². The Labute approximate surface area is 159 Å². The number of rotatable bonds is 4. The van der Waals surface area contributed by atoms with Crippen molar-refractivity contribution < 1.29 is 4.79 Å². The number of benzene rings is 1. The Kier molecular flexibility index (Phi) is 5.44. The van der Waals surface area contributed by atoms with Crippen LogP contribution in [0.1, 0.15) is 32.1 Å². The molecule has 6 nitrogen and oxygen atoms in total. The smallest absolute Gasteiger partial charge is 0.328 e. The fourth-order valence-corrected chi connectivity index (χ4v) is 4.51. The number of carbonyl (C=O) groups is 1. The molecule has 2 atom stereocenters. The van der Waals surface area contributed by atoms with Gasteiger partial charge in [-0.15, -0.1) is 12.4 Å². The van der Waals surface area contributed by atoms with Crippen molar-refractivity contribution in [3.63, 3.8) is 0 Å². The number of aryl methyl sites for hydroxylation is 2. The highest BCUT2D eigenvalue weighted by Gasteiger charge is 2.36. The fraction of sp³-hybridized carbons (Fsp3) is 0.579. The van der Waals surface area contributed by atoms with E-state index in [-0.39, 0.29) is 24.0 Å². The molecule has 26 heavy (non-hydrogen) atoms. The Balaban J connectivity index is 0.00000196. The Morgan fingerprint density at radius 2 is 1.81 bits per heavy atom. The number of halogens is 1. The molecule has 1 aromatic heterocycles. The molecule has 7 heteroatoms. The normalized spacial score (nSPS) is 24.5. The van der Waals surface area contributed by atoms with Crippen LogP contribution in [0.25, 0.3) is 11.0 Å². The highest BCUT2D eigenvalue weighted by Crippen LogP contribution is 2.29. The van der Waals surface area contributed by atoms with Crippen LogP contribution in [0.4, 0.5) is 0 Å². The summed E-state index contributed by atoms with van der Waals surface area (Å²) in [5, 5.41) is 3.62. The number of imidazole rings is 1. The van der Waals surface area contributed by atoms with E-state index in [0.717, 1.165) is 23.9 Å². The van der Waals surface area contributed by atoms with Gasteiger partial charge in [-0.1, -0.05) is 12.1 Å². The Hall–Kier alpha value is -1.79. The average Bonchev–Trinajstić information content (AvgIpc) is 3.09. The summed E-state index contributed by atoms with van der Waals surface area (Å²) in [6.07, 6.45) is 4.92. The van der Waals surface area contributed by atoms with E-state index in [1.807, 2.05) is 36.2 Å². The highest BCUT2D eigenvalue weighted by molar-refractivity contribution is 5.85. The van der Waals surface area contributed by atoms with Gasteiger partial charge in [0.25, 0.3) is 0 Å². The van der Waals surface area contributed by atoms with E-state index >= 15 is 0 Å². The first-order chi connectivity index (χ1) is 12.0. The monoisotopic (exact) mass is 378 g/mol. The standard InChI is InChI=1S/C19H26N4O2.ClH/c1-21(15-11-13-7-8-14(12-15)20-13)18(24)9-10-23-17-6-4-3-5-16(17)22(2)19(23)25;/h3-6,13-15,20H,7-12H2,1-2H3;1H. The van der Waals surface area contributed by atoms with Crippen LogP contribution >= 0.6 is 12.4 Å². The molecule has 0 radical (unpaired) electrons. The number of para-hydroxylation sites is 2. The number of nitrogens with zero attached hydrogens (tertiary/aromatic N) is 3. The molecule has 1 aromatic carbocycles. The van der Waals surface area contributed by atoms with Crippen LogP contribution in [-0.2, 0) is 18.4 Å². The predicted molar refractivity (Wildman–Crippen MR) is 105 cm³/mol. The first kappa shape index (κ1) is 19.0. The minimum Gasteiger partial charge on any atom is -0.343 e. The number of hydrogen-bond acceptors (Lipinski definition) is 3. The maximum Gasteiger partial charge on any atom is 0.328 e. The summed E-state index contributed by atoms with van der Waals surface area (Å²) in [5.41, 5.74) is 1.74. The van der Waals surface area contributed by atoms with Crippen molar-refractivity contribution in [2.24, 2.45) is 7.05 Å². The molecule has 2 aromatic rings. The van der Waals surface area contributed by atoms with Crippen molar-refractivity contribution in [2.45, 2.75) is 56.8 Å². The molecule has 2 saturated heterocycles. The first-order valence-corrected chi connectivity index (χ1v) is 9.20. The van der Waals surface area contributed by atoms with E-state index in [1.165, 1.54) is 12.8 Å². The summed E-state index contributed by atoms with van der Waals surface area (Å²) < 4.78 is 3.36. The van der Waals surface area contributed by atoms with E-state index in [4.69, 9.17) is 0 Å². The molecule has 2 bridgehead atoms. The van der Waals surface area contributed by atoms with Gasteiger partial charge in [0, 0.05) is 45.2 Å². The average molecular weight is 379 g/mol. The van der Waals surface area contributed by atoms with Gasteiger partial charge in [0.05, 0.1) is 11.0 Å². The Morgan fingerprint density at radius 3 is 2.46 bits per heavy atom. The van der Waals surface area contributed by atoms with Gasteiger partial charge in [0.1, 0.15) is 0 Å². The Bertz CT molecular complexity index is 847. The number of piperidine rings is 1. The summed E-state index contributed by atoms with van der Waals surface area (Å²) in [6, 6.07) is 9.20. The van der Waals surface area contributed by atoms with Gasteiger partial charge in [-0.25, -0.2) is 4.79 Å². The molecule has 2 aliphatic rings. The van der Waals surface area contributed by atoms with Gasteiger partial charge in [0.2, 0.25) is 5.91 Å². The highest BCUT2D eigenvalue weighted by atomic mass is 35.5. The summed E-state index contributed by atoms with van der Waals surface area (Å²) in [5.74, 6) is 0.131. The number of amides is 1. The summed E-state index contributed by atoms with van der Waals surface area (Å²) in [4.78, 5) is 27.1. The quantitative estimate of drug-likeness (QED) is 0.883. The molecule has 1 N–H and O–H groups in total. The number of hydrogen-bond donors (Lipinski definition) is 1. The van der Waals surface area contributed by atoms with E-state index in [1.54, 1.807) is 16.2 Å². The molecule has 2 aliphatic heterocycles. The van der Waals surface area contributed by atoms with Crippen LogP contribution in [0.2, 0.25) is 0 Å². The third-order valence-electron chi connectivity index (χ3n) is 5.99. The Morgan fingerprint density at radius 1 is 1.19 bits per heavy atom. The van der Waals surface area contributed by atoms with Crippen molar-refractivity contribution in [3.8, 4) is 0 Å². The second-order valence-electron chi connectivity index (χ2n) is 7.50. The van der Waals surface area contributed by atoms with Crippen LogP contribution in [0.3, 0.4) is 0 Å². The molecule has 3 heterocycles. The van der Waals surface area contributed by atoms with E-state index in [2.05, 4.69) is 5.32 Å². The van der Waals surface area contributed by atoms with E-state index < -0.39 is 0 Å². The van der Waals surface area contributed by atoms with Crippen LogP contribution in [0.5, 0.6) is 0 Å². The predicted octanol–water partition coefficient (Wildman–Crippen LogP) is 1.89. The lowest BCUT2D eigenvalue weighted by Gasteiger charge is -2.35. The molecular weight excluding hydrogens is 352 g/mol. The largest absolute Gasteiger partial charge is 0.343 e. The second kappa shape index (κ2) is 7.45. The maximum atomic E-state index is 12.7. The van der Waals surface area contributed by atoms with Gasteiger partial charge >= 0.3 is 5.69 Å². The topological polar surface area (TPSA) is 59.3 Å². The van der Waals surface area contributed by atoms with Gasteiger partial charge in [-0.3, -0.25) is 13.9 Å². The van der Waals surface area contributed by atoms with Gasteiger partial charge in [-0.05, 0) is 37.8 Å². The third kappa shape index (κ3) is 3.28. The van der Waals surface area contributed by atoms with Gasteiger partial charge in [-0.2, -0.15) is 0 Å². The SMILES string of the molecule is CN(C(=O)CCn1c(=O)n(C)c2ccccc21)C1CC2CCC(C1)N2.Cl. The third-order valence-corrected chi connectivity index (χ3v) is 5.99. The molecular formula is C19H27ClN4O2. The van der Waals surface area contributed by atoms with E-state index in [9.17, 15) is 9.59 Å². The van der Waals surface area contributed by atoms with Crippen LogP contribution in [0, 0.1) is 0 Å². The fourth-order valence-electron chi connectivity index (χ4n) is 4.51. The minimum atomic E-state index is -0.0587. The number of carbonyl (C=O) groups excluding carboxylic acids is 1. The van der Waals surface area contributed by atoms with Crippen LogP contribution in [0.15, 0.2) is 29.1 Å². The summed E-state index contributed by atoms with van der Waals surface area (Å²) >= 11 is 0. The van der Waals surface area contributed by atoms with Gasteiger partial charge in [0.15, 0.2) is 0 Å². The first-order valence-electron chi connectivity index (χ1n) is 9.20. The zero-order valence-corrected chi connectivity index (χ0v) is 16.2. The summed E-state index contributed by atoms with van der Waals surface area (Å²) in [6.45, 7) is 0.432. The molecule has 0 spiro atoms. The molecule has 0 saturated carbocycles. The zero-order valence-electron chi connectivity index (χ0n) is 15.4. The lowest BCUT2D eigenvalue weighted by Crippen LogP contribution is -2.48. The molecule has 0 aliphatic carbocycles. The zero-order chi connectivity index (χ0) is 17.6. The number of aromatic nitrogens is 2. The van der Waals surface area contributed by atoms with Crippen molar-refractivity contribution in [3.05, 3.63) is 34.7 Å². The van der Waals surface area contributed by atoms with Crippen molar-refractivity contribution in [2.75, 3.05) is 7.05 Å². The lowest BCUT2D eigenvalue weighted by molar-refractivity contribution is -0.132. The van der Waals surface area contributed by atoms with Gasteiger partial charge < -0.3 is 10.2 Å². The number of fused-ring (bicyclic) bond motifs is 3. The van der Waals surface area contributed by atoms with Crippen molar-refractivity contribution >= 4 is 29.3 Å². The molecule has 142 valence electrons. The number of nitrogens with one attached hydrogen (secondary N) is 1. The van der Waals surface area contributed by atoms with Crippen LogP contribution in [-0.4, -0.2) is 45.1 Å². The summed E-state index contributed by atoms with van der Waals surface area (Å²) in [7, 11) is 3.70. The molecule has 2 unspecified atom stereocenters.